The van der Waals surface area contributed by atoms with E-state index in [0.717, 1.165) is 5.56 Å². The van der Waals surface area contributed by atoms with Crippen molar-refractivity contribution in [2.45, 2.75) is 20.0 Å². The van der Waals surface area contributed by atoms with E-state index in [9.17, 15) is 14.7 Å². The topological polar surface area (TPSA) is 100 Å². The van der Waals surface area contributed by atoms with E-state index in [4.69, 9.17) is 16.3 Å². The second-order valence-corrected chi connectivity index (χ2v) is 7.41. The molecule has 0 unspecified atom stereocenters. The predicted octanol–water partition coefficient (Wildman–Crippen LogP) is 4.76. The number of nitrogens with zero attached hydrogens (tertiary/aromatic N) is 1. The Hall–Kier alpha value is -3.84. The summed E-state index contributed by atoms with van der Waals surface area (Å²) in [4.78, 5) is 24.4. The van der Waals surface area contributed by atoms with E-state index in [-0.39, 0.29) is 23.6 Å². The first-order valence-electron chi connectivity index (χ1n) is 9.79. The van der Waals surface area contributed by atoms with Crippen molar-refractivity contribution in [3.8, 4) is 11.5 Å². The Labute approximate surface area is 190 Å². The van der Waals surface area contributed by atoms with Gasteiger partial charge in [-0.15, -0.1) is 0 Å². The molecule has 32 heavy (non-hydrogen) atoms. The minimum atomic E-state index is -0.629. The van der Waals surface area contributed by atoms with Gasteiger partial charge in [0.2, 0.25) is 5.91 Å². The maximum atomic E-state index is 12.2. The van der Waals surface area contributed by atoms with Gasteiger partial charge in [-0.1, -0.05) is 41.9 Å². The molecule has 164 valence electrons. The number of nitrogens with one attached hydrogen (secondary N) is 2. The molecule has 0 spiro atoms. The standard InChI is InChI=1S/C24H22ClN3O4/c1-16(27-28-24(31)21-14-18(25)7-12-22(21)29)13-23(30)26-19-8-10-20(11-9-19)32-15-17-5-3-2-4-6-17/h2-12,14,29H,13,15H2,1H3,(H,26,30)(H,28,31)/b27-16+. The number of phenols is 1. The van der Waals surface area contributed by atoms with Crippen LogP contribution in [0, 0.1) is 0 Å². The van der Waals surface area contributed by atoms with Crippen LogP contribution in [0.4, 0.5) is 5.69 Å². The molecule has 0 atom stereocenters. The molecule has 7 nitrogen and oxygen atoms in total. The van der Waals surface area contributed by atoms with Crippen molar-refractivity contribution in [1.29, 1.82) is 0 Å². The van der Waals surface area contributed by atoms with Crippen LogP contribution >= 0.6 is 11.6 Å². The zero-order chi connectivity index (χ0) is 22.9. The van der Waals surface area contributed by atoms with E-state index in [0.29, 0.717) is 28.8 Å². The van der Waals surface area contributed by atoms with E-state index in [1.807, 2.05) is 30.3 Å². The molecular weight excluding hydrogens is 430 g/mol. The molecule has 8 heteroatoms. The second kappa shape index (κ2) is 11.0. The molecule has 0 saturated carbocycles. The number of carbonyl (C=O) groups excluding carboxylic acids is 2. The Morgan fingerprint density at radius 3 is 2.47 bits per heavy atom. The van der Waals surface area contributed by atoms with Crippen LogP contribution in [-0.2, 0) is 11.4 Å². The average Bonchev–Trinajstić information content (AvgIpc) is 2.79. The molecule has 0 aliphatic rings. The van der Waals surface area contributed by atoms with E-state index < -0.39 is 5.91 Å². The normalized spacial score (nSPS) is 11.0. The van der Waals surface area contributed by atoms with Gasteiger partial charge >= 0.3 is 0 Å². The Balaban J connectivity index is 1.48. The number of rotatable bonds is 8. The van der Waals surface area contributed by atoms with Gasteiger partial charge in [0, 0.05) is 16.4 Å². The van der Waals surface area contributed by atoms with Crippen molar-refractivity contribution in [1.82, 2.24) is 5.43 Å². The first-order valence-corrected chi connectivity index (χ1v) is 10.2. The van der Waals surface area contributed by atoms with Crippen LogP contribution < -0.4 is 15.5 Å². The largest absolute Gasteiger partial charge is 0.507 e. The van der Waals surface area contributed by atoms with Crippen LogP contribution in [-0.4, -0.2) is 22.6 Å². The number of amides is 2. The molecule has 0 heterocycles. The number of carbonyl (C=O) groups is 2. The lowest BCUT2D eigenvalue weighted by molar-refractivity contribution is -0.115. The number of aromatic hydroxyl groups is 1. The fraction of sp³-hybridized carbons (Fsp3) is 0.125. The fourth-order valence-electron chi connectivity index (χ4n) is 2.75. The molecular formula is C24H22ClN3O4. The number of halogens is 1. The lowest BCUT2D eigenvalue weighted by atomic mass is 10.2. The van der Waals surface area contributed by atoms with Crippen molar-refractivity contribution in [2.75, 3.05) is 5.32 Å². The third-order valence-electron chi connectivity index (χ3n) is 4.35. The number of benzene rings is 3. The average molecular weight is 452 g/mol. The Kier molecular flexibility index (Phi) is 7.83. The molecule has 3 aromatic rings. The third kappa shape index (κ3) is 6.85. The molecule has 0 radical (unpaired) electrons. The van der Waals surface area contributed by atoms with Crippen molar-refractivity contribution in [3.05, 3.63) is 88.9 Å². The van der Waals surface area contributed by atoms with E-state index in [1.165, 1.54) is 18.2 Å². The fourth-order valence-corrected chi connectivity index (χ4v) is 2.92. The van der Waals surface area contributed by atoms with Gasteiger partial charge in [0.1, 0.15) is 18.1 Å². The van der Waals surface area contributed by atoms with Gasteiger partial charge in [-0.3, -0.25) is 9.59 Å². The molecule has 2 amide bonds. The minimum absolute atomic E-state index is 0.00641. The van der Waals surface area contributed by atoms with Crippen molar-refractivity contribution in [2.24, 2.45) is 5.10 Å². The highest BCUT2D eigenvalue weighted by atomic mass is 35.5. The molecule has 0 bridgehead atoms. The van der Waals surface area contributed by atoms with Gasteiger partial charge in [-0.05, 0) is 55.0 Å². The van der Waals surface area contributed by atoms with E-state index >= 15 is 0 Å². The van der Waals surface area contributed by atoms with Crippen molar-refractivity contribution in [3.63, 3.8) is 0 Å². The van der Waals surface area contributed by atoms with Crippen LogP contribution in [0.2, 0.25) is 5.02 Å². The molecule has 0 saturated heterocycles. The summed E-state index contributed by atoms with van der Waals surface area (Å²) in [6, 6.07) is 21.0. The number of anilines is 1. The highest BCUT2D eigenvalue weighted by Gasteiger charge is 2.12. The Morgan fingerprint density at radius 2 is 1.75 bits per heavy atom. The lowest BCUT2D eigenvalue weighted by Gasteiger charge is -2.09. The second-order valence-electron chi connectivity index (χ2n) is 6.97. The maximum Gasteiger partial charge on any atom is 0.275 e. The SMILES string of the molecule is C/C(CC(=O)Nc1ccc(OCc2ccccc2)cc1)=N\NC(=O)c1cc(Cl)ccc1O. The van der Waals surface area contributed by atoms with Crippen LogP contribution in [0.3, 0.4) is 0 Å². The summed E-state index contributed by atoms with van der Waals surface area (Å²) in [6.07, 6.45) is -0.0198. The summed E-state index contributed by atoms with van der Waals surface area (Å²) in [5.41, 5.74) is 4.37. The monoisotopic (exact) mass is 451 g/mol. The van der Waals surface area contributed by atoms with Gasteiger partial charge in [0.05, 0.1) is 12.0 Å². The minimum Gasteiger partial charge on any atom is -0.507 e. The number of hydrogen-bond donors (Lipinski definition) is 3. The smallest absolute Gasteiger partial charge is 0.275 e. The quantitative estimate of drug-likeness (QED) is 0.339. The van der Waals surface area contributed by atoms with Crippen LogP contribution in [0.25, 0.3) is 0 Å². The number of hydrogen-bond acceptors (Lipinski definition) is 5. The highest BCUT2D eigenvalue weighted by Crippen LogP contribution is 2.21. The molecule has 3 rings (SSSR count). The van der Waals surface area contributed by atoms with Crippen LogP contribution in [0.1, 0.15) is 29.3 Å². The molecule has 0 fully saturated rings. The predicted molar refractivity (Wildman–Crippen MR) is 124 cm³/mol. The summed E-state index contributed by atoms with van der Waals surface area (Å²) >= 11 is 5.84. The molecule has 3 N–H and O–H groups in total. The van der Waals surface area contributed by atoms with Gasteiger partial charge in [0.15, 0.2) is 0 Å². The number of phenolic OH excluding ortho intramolecular Hbond substituents is 1. The summed E-state index contributed by atoms with van der Waals surface area (Å²) in [7, 11) is 0. The summed E-state index contributed by atoms with van der Waals surface area (Å²) < 4.78 is 5.73. The maximum absolute atomic E-state index is 12.2. The van der Waals surface area contributed by atoms with Gasteiger partial charge in [-0.2, -0.15) is 5.10 Å². The van der Waals surface area contributed by atoms with Crippen LogP contribution in [0.5, 0.6) is 11.5 Å². The molecule has 0 aromatic heterocycles. The molecule has 0 aliphatic carbocycles. The Bertz CT molecular complexity index is 1120. The van der Waals surface area contributed by atoms with Gasteiger partial charge in [-0.25, -0.2) is 5.43 Å². The molecule has 0 aliphatic heterocycles. The highest BCUT2D eigenvalue weighted by molar-refractivity contribution is 6.31. The van der Waals surface area contributed by atoms with Crippen molar-refractivity contribution < 1.29 is 19.4 Å². The summed E-state index contributed by atoms with van der Waals surface area (Å²) in [6.45, 7) is 2.07. The molecule has 3 aromatic carbocycles. The zero-order valence-electron chi connectivity index (χ0n) is 17.3. The number of ether oxygens (including phenoxy) is 1. The van der Waals surface area contributed by atoms with E-state index in [1.54, 1.807) is 31.2 Å². The van der Waals surface area contributed by atoms with Crippen molar-refractivity contribution >= 4 is 34.8 Å². The zero-order valence-corrected chi connectivity index (χ0v) is 18.1. The Morgan fingerprint density at radius 1 is 1.03 bits per heavy atom. The third-order valence-corrected chi connectivity index (χ3v) is 4.59. The van der Waals surface area contributed by atoms with Crippen LogP contribution in [0.15, 0.2) is 77.9 Å². The van der Waals surface area contributed by atoms with Gasteiger partial charge < -0.3 is 15.2 Å². The number of hydrazone groups is 1. The van der Waals surface area contributed by atoms with E-state index in [2.05, 4.69) is 15.8 Å². The first kappa shape index (κ1) is 22.8. The lowest BCUT2D eigenvalue weighted by Crippen LogP contribution is -2.21. The summed E-state index contributed by atoms with van der Waals surface area (Å²) in [5.74, 6) is -0.440. The summed E-state index contributed by atoms with van der Waals surface area (Å²) in [5, 5.41) is 16.7. The first-order chi connectivity index (χ1) is 15.4. The van der Waals surface area contributed by atoms with Gasteiger partial charge in [0.25, 0.3) is 5.91 Å².